The van der Waals surface area contributed by atoms with E-state index in [9.17, 15) is 4.79 Å². The Morgan fingerprint density at radius 3 is 3.00 bits per heavy atom. The summed E-state index contributed by atoms with van der Waals surface area (Å²) in [5.41, 5.74) is 0.433. The maximum Gasteiger partial charge on any atom is 0.412 e. The third-order valence-corrected chi connectivity index (χ3v) is 2.41. The number of halogens is 1. The van der Waals surface area contributed by atoms with Gasteiger partial charge >= 0.3 is 6.09 Å². The zero-order valence-electron chi connectivity index (χ0n) is 7.01. The predicted octanol–water partition coefficient (Wildman–Crippen LogP) is 1.69. The highest BCUT2D eigenvalue weighted by Crippen LogP contribution is 2.20. The number of hydrogen-bond acceptors (Lipinski definition) is 3. The third kappa shape index (κ3) is 2.32. The van der Waals surface area contributed by atoms with Crippen molar-refractivity contribution in [3.8, 4) is 6.07 Å². The predicted molar refractivity (Wildman–Crippen MR) is 57.9 cm³/mol. The molecule has 1 heterocycles. The van der Waals surface area contributed by atoms with Crippen LogP contribution >= 0.6 is 22.6 Å². The fraction of sp³-hybridized carbons (Fsp3) is 0.125. The standard InChI is InChI=1S/C8H6IN3O2/c9-6-1-3-11-5-7(6)12(4-2-10)8(13)14/h1,3,5H,4H2,(H,13,14). The molecule has 0 saturated carbocycles. The molecule has 0 aliphatic heterocycles. The molecule has 14 heavy (non-hydrogen) atoms. The van der Waals surface area contributed by atoms with Crippen LogP contribution in [0.3, 0.4) is 0 Å². The van der Waals surface area contributed by atoms with Crippen LogP contribution in [0.15, 0.2) is 18.5 Å². The van der Waals surface area contributed by atoms with Gasteiger partial charge in [-0.1, -0.05) is 0 Å². The van der Waals surface area contributed by atoms with Crippen LogP contribution in [0, 0.1) is 14.9 Å². The zero-order valence-corrected chi connectivity index (χ0v) is 9.17. The molecule has 1 rings (SSSR count). The van der Waals surface area contributed by atoms with Crippen molar-refractivity contribution in [2.45, 2.75) is 0 Å². The summed E-state index contributed by atoms with van der Waals surface area (Å²) in [7, 11) is 0. The van der Waals surface area contributed by atoms with Crippen LogP contribution in [0.2, 0.25) is 0 Å². The Morgan fingerprint density at radius 1 is 1.79 bits per heavy atom. The van der Waals surface area contributed by atoms with E-state index in [0.717, 1.165) is 8.47 Å². The number of rotatable bonds is 2. The van der Waals surface area contributed by atoms with Crippen LogP contribution in [0.5, 0.6) is 0 Å². The minimum absolute atomic E-state index is 0.197. The third-order valence-electron chi connectivity index (χ3n) is 1.50. The van der Waals surface area contributed by atoms with E-state index >= 15 is 0 Å². The first-order valence-electron chi connectivity index (χ1n) is 3.63. The van der Waals surface area contributed by atoms with Gasteiger partial charge < -0.3 is 5.11 Å². The minimum atomic E-state index is -1.16. The molecule has 0 fully saturated rings. The first kappa shape index (κ1) is 10.7. The summed E-state index contributed by atoms with van der Waals surface area (Å²) in [4.78, 5) is 15.6. The molecule has 72 valence electrons. The molecule has 6 heteroatoms. The summed E-state index contributed by atoms with van der Waals surface area (Å²) in [5.74, 6) is 0. The van der Waals surface area contributed by atoms with Crippen molar-refractivity contribution in [2.75, 3.05) is 11.4 Å². The van der Waals surface area contributed by atoms with Gasteiger partial charge in [0.05, 0.1) is 18.0 Å². The maximum absolute atomic E-state index is 10.8. The van der Waals surface area contributed by atoms with E-state index in [-0.39, 0.29) is 6.54 Å². The number of amides is 1. The Hall–Kier alpha value is -1.36. The van der Waals surface area contributed by atoms with Gasteiger partial charge in [0.25, 0.3) is 0 Å². The fourth-order valence-electron chi connectivity index (χ4n) is 0.894. The molecule has 0 aliphatic carbocycles. The summed E-state index contributed by atoms with van der Waals surface area (Å²) < 4.78 is 0.746. The van der Waals surface area contributed by atoms with E-state index < -0.39 is 6.09 Å². The van der Waals surface area contributed by atoms with Crippen LogP contribution < -0.4 is 4.90 Å². The van der Waals surface area contributed by atoms with Gasteiger partial charge in [0.2, 0.25) is 0 Å². The van der Waals surface area contributed by atoms with Gasteiger partial charge in [-0.15, -0.1) is 0 Å². The van der Waals surface area contributed by atoms with E-state index in [1.54, 1.807) is 18.3 Å². The van der Waals surface area contributed by atoms with Crippen LogP contribution in [-0.4, -0.2) is 22.7 Å². The van der Waals surface area contributed by atoms with Crippen molar-refractivity contribution in [3.63, 3.8) is 0 Å². The highest BCUT2D eigenvalue weighted by atomic mass is 127. The highest BCUT2D eigenvalue weighted by Gasteiger charge is 2.16. The Kier molecular flexibility index (Phi) is 3.64. The largest absolute Gasteiger partial charge is 0.465 e. The SMILES string of the molecule is N#CCN(C(=O)O)c1cnccc1I. The van der Waals surface area contributed by atoms with Crippen molar-refractivity contribution in [3.05, 3.63) is 22.0 Å². The second-order valence-corrected chi connectivity index (χ2v) is 3.52. The lowest BCUT2D eigenvalue weighted by molar-refractivity contribution is 0.202. The first-order chi connectivity index (χ1) is 6.66. The molecule has 5 nitrogen and oxygen atoms in total. The van der Waals surface area contributed by atoms with E-state index in [1.165, 1.54) is 6.20 Å². The monoisotopic (exact) mass is 303 g/mol. The lowest BCUT2D eigenvalue weighted by Crippen LogP contribution is -2.30. The van der Waals surface area contributed by atoms with Crippen molar-refractivity contribution in [2.24, 2.45) is 0 Å². The van der Waals surface area contributed by atoms with Crippen LogP contribution in [0.4, 0.5) is 10.5 Å². The lowest BCUT2D eigenvalue weighted by Gasteiger charge is -2.16. The van der Waals surface area contributed by atoms with Gasteiger partial charge in [-0.25, -0.2) is 4.79 Å². The smallest absolute Gasteiger partial charge is 0.412 e. The molecule has 0 aromatic carbocycles. The number of aromatic nitrogens is 1. The van der Waals surface area contributed by atoms with E-state index in [4.69, 9.17) is 10.4 Å². The van der Waals surface area contributed by atoms with E-state index in [2.05, 4.69) is 4.98 Å². The highest BCUT2D eigenvalue weighted by molar-refractivity contribution is 14.1. The molecule has 0 radical (unpaired) electrons. The Bertz CT molecular complexity index is 388. The van der Waals surface area contributed by atoms with Gasteiger partial charge in [0.15, 0.2) is 0 Å². The molecule has 0 unspecified atom stereocenters. The minimum Gasteiger partial charge on any atom is -0.465 e. The fourth-order valence-corrected chi connectivity index (χ4v) is 1.49. The quantitative estimate of drug-likeness (QED) is 0.666. The Labute approximate surface area is 94.1 Å². The first-order valence-corrected chi connectivity index (χ1v) is 4.71. The van der Waals surface area contributed by atoms with Crippen molar-refractivity contribution in [1.82, 2.24) is 4.98 Å². The Balaban J connectivity index is 3.06. The maximum atomic E-state index is 10.8. The van der Waals surface area contributed by atoms with Gasteiger partial charge in [0.1, 0.15) is 6.54 Å². The number of nitriles is 1. The zero-order chi connectivity index (χ0) is 10.6. The molecule has 0 atom stereocenters. The second-order valence-electron chi connectivity index (χ2n) is 2.35. The van der Waals surface area contributed by atoms with Crippen molar-refractivity contribution < 1.29 is 9.90 Å². The van der Waals surface area contributed by atoms with Gasteiger partial charge in [0, 0.05) is 9.77 Å². The van der Waals surface area contributed by atoms with Gasteiger partial charge in [-0.3, -0.25) is 9.88 Å². The van der Waals surface area contributed by atoms with Gasteiger partial charge in [-0.05, 0) is 28.7 Å². The molecule has 1 amide bonds. The van der Waals surface area contributed by atoms with Gasteiger partial charge in [-0.2, -0.15) is 5.26 Å². The molecular formula is C8H6IN3O2. The van der Waals surface area contributed by atoms with Crippen molar-refractivity contribution >= 4 is 34.4 Å². The molecule has 0 spiro atoms. The van der Waals surface area contributed by atoms with Crippen LogP contribution in [-0.2, 0) is 0 Å². The normalized spacial score (nSPS) is 9.14. The number of nitrogens with zero attached hydrogens (tertiary/aromatic N) is 3. The number of hydrogen-bond donors (Lipinski definition) is 1. The summed E-state index contributed by atoms with van der Waals surface area (Å²) >= 11 is 1.99. The summed E-state index contributed by atoms with van der Waals surface area (Å²) in [6, 6.07) is 3.47. The van der Waals surface area contributed by atoms with Crippen molar-refractivity contribution in [1.29, 1.82) is 5.26 Å². The topological polar surface area (TPSA) is 77.2 Å². The lowest BCUT2D eigenvalue weighted by atomic mass is 10.4. The number of anilines is 1. The van der Waals surface area contributed by atoms with E-state index in [0.29, 0.717) is 5.69 Å². The molecule has 0 aliphatic rings. The molecular weight excluding hydrogens is 297 g/mol. The summed E-state index contributed by atoms with van der Waals surface area (Å²) in [6.45, 7) is -0.197. The molecule has 1 aromatic heterocycles. The summed E-state index contributed by atoms with van der Waals surface area (Å²) in [6.07, 6.45) is 1.84. The number of carbonyl (C=O) groups is 1. The molecule has 1 N–H and O–H groups in total. The molecule has 0 saturated heterocycles. The van der Waals surface area contributed by atoms with E-state index in [1.807, 2.05) is 22.6 Å². The number of carboxylic acid groups (broad SMARTS) is 1. The average molecular weight is 303 g/mol. The molecule has 1 aromatic rings. The van der Waals surface area contributed by atoms with Crippen LogP contribution in [0.25, 0.3) is 0 Å². The average Bonchev–Trinajstić information content (AvgIpc) is 2.15. The Morgan fingerprint density at radius 2 is 2.50 bits per heavy atom. The second kappa shape index (κ2) is 4.76. The van der Waals surface area contributed by atoms with Crippen LogP contribution in [0.1, 0.15) is 0 Å². The summed E-state index contributed by atoms with van der Waals surface area (Å²) in [5, 5.41) is 17.3. The molecule has 0 bridgehead atoms. The number of pyridine rings is 1.